The lowest BCUT2D eigenvalue weighted by molar-refractivity contribution is 0.0979. The summed E-state index contributed by atoms with van der Waals surface area (Å²) in [5.41, 5.74) is 3.44. The Kier molecular flexibility index (Phi) is 6.01. The van der Waals surface area contributed by atoms with Crippen LogP contribution in [0.2, 0.25) is 5.02 Å². The van der Waals surface area contributed by atoms with Crippen molar-refractivity contribution in [3.05, 3.63) is 93.0 Å². The molecule has 1 heterocycles. The second kappa shape index (κ2) is 9.09. The minimum atomic E-state index is -0.316. The molecule has 1 amide bonds. The van der Waals surface area contributed by atoms with E-state index in [4.69, 9.17) is 28.2 Å². The van der Waals surface area contributed by atoms with E-state index in [-0.39, 0.29) is 11.0 Å². The van der Waals surface area contributed by atoms with E-state index in [1.165, 1.54) is 0 Å². The lowest BCUT2D eigenvalue weighted by Gasteiger charge is -2.11. The molecular formula is C25H15ClIN3O2S. The lowest BCUT2D eigenvalue weighted by Crippen LogP contribution is -2.34. The second-order valence-corrected chi connectivity index (χ2v) is 9.32. The van der Waals surface area contributed by atoms with Gasteiger partial charge >= 0.3 is 0 Å². The Morgan fingerprint density at radius 3 is 2.55 bits per heavy atom. The number of carbonyl (C=O) groups is 1. The van der Waals surface area contributed by atoms with Gasteiger partial charge in [0.2, 0.25) is 5.89 Å². The topological polar surface area (TPSA) is 67.2 Å². The van der Waals surface area contributed by atoms with Crippen LogP contribution < -0.4 is 10.6 Å². The number of rotatable bonds is 3. The highest BCUT2D eigenvalue weighted by Crippen LogP contribution is 2.27. The molecule has 1 aromatic heterocycles. The Morgan fingerprint density at radius 2 is 1.73 bits per heavy atom. The predicted octanol–water partition coefficient (Wildman–Crippen LogP) is 7.03. The number of nitrogens with one attached hydrogen (secondary N) is 2. The zero-order chi connectivity index (χ0) is 22.9. The molecule has 0 unspecified atom stereocenters. The summed E-state index contributed by atoms with van der Waals surface area (Å²) in [4.78, 5) is 17.4. The van der Waals surface area contributed by atoms with Crippen LogP contribution in [0.15, 0.2) is 83.3 Å². The maximum absolute atomic E-state index is 12.9. The van der Waals surface area contributed by atoms with Gasteiger partial charge < -0.3 is 9.73 Å². The first kappa shape index (κ1) is 21.8. The monoisotopic (exact) mass is 583 g/mol. The molecule has 0 bridgehead atoms. The van der Waals surface area contributed by atoms with Gasteiger partial charge in [0.1, 0.15) is 5.52 Å². The molecule has 5 rings (SSSR count). The number of oxazole rings is 1. The van der Waals surface area contributed by atoms with Crippen LogP contribution in [0.25, 0.3) is 33.3 Å². The summed E-state index contributed by atoms with van der Waals surface area (Å²) in [5, 5.41) is 8.12. The molecule has 162 valence electrons. The van der Waals surface area contributed by atoms with E-state index in [0.29, 0.717) is 33.3 Å². The molecule has 0 aliphatic carbocycles. The minimum Gasteiger partial charge on any atom is -0.436 e. The first-order valence-electron chi connectivity index (χ1n) is 9.94. The highest BCUT2D eigenvalue weighted by atomic mass is 127. The Labute approximate surface area is 213 Å². The van der Waals surface area contributed by atoms with Gasteiger partial charge in [-0.3, -0.25) is 10.1 Å². The number of halogens is 2. The zero-order valence-corrected chi connectivity index (χ0v) is 20.7. The average Bonchev–Trinajstić information content (AvgIpc) is 3.23. The van der Waals surface area contributed by atoms with E-state index < -0.39 is 0 Å². The van der Waals surface area contributed by atoms with Gasteiger partial charge in [-0.1, -0.05) is 35.9 Å². The average molecular weight is 584 g/mol. The SMILES string of the molecule is O=C(NC(=S)Nc1ccc2oc(-c3ccc(I)cc3)nc2c1)c1cccc2c(Cl)cccc12. The van der Waals surface area contributed by atoms with Crippen LogP contribution in [0.4, 0.5) is 5.69 Å². The van der Waals surface area contributed by atoms with Crippen molar-refractivity contribution in [1.82, 2.24) is 10.3 Å². The normalized spacial score (nSPS) is 11.0. The second-order valence-electron chi connectivity index (χ2n) is 7.26. The molecule has 5 nitrogen and oxygen atoms in total. The van der Waals surface area contributed by atoms with Crippen LogP contribution in [-0.2, 0) is 0 Å². The largest absolute Gasteiger partial charge is 0.436 e. The summed E-state index contributed by atoms with van der Waals surface area (Å²) in [5.74, 6) is 0.230. The Balaban J connectivity index is 1.33. The molecule has 0 atom stereocenters. The lowest BCUT2D eigenvalue weighted by atomic mass is 10.0. The third kappa shape index (κ3) is 4.57. The molecule has 2 N–H and O–H groups in total. The number of fused-ring (bicyclic) bond motifs is 2. The number of hydrogen-bond acceptors (Lipinski definition) is 4. The number of thiocarbonyl (C=S) groups is 1. The summed E-state index contributed by atoms with van der Waals surface area (Å²) in [6, 6.07) is 24.3. The predicted molar refractivity (Wildman–Crippen MR) is 145 cm³/mol. The highest BCUT2D eigenvalue weighted by Gasteiger charge is 2.14. The first-order chi connectivity index (χ1) is 16.0. The molecule has 33 heavy (non-hydrogen) atoms. The molecule has 0 aliphatic heterocycles. The fraction of sp³-hybridized carbons (Fsp3) is 0. The van der Waals surface area contributed by atoms with Crippen molar-refractivity contribution in [1.29, 1.82) is 0 Å². The molecule has 0 aliphatic rings. The van der Waals surface area contributed by atoms with Crippen LogP contribution in [0.1, 0.15) is 10.4 Å². The molecule has 0 spiro atoms. The van der Waals surface area contributed by atoms with E-state index in [0.717, 1.165) is 19.9 Å². The van der Waals surface area contributed by atoms with Crippen LogP contribution in [0, 0.1) is 3.57 Å². The Hall–Kier alpha value is -3.01. The molecule has 5 aromatic rings. The molecule has 0 saturated heterocycles. The molecule has 0 fully saturated rings. The van der Waals surface area contributed by atoms with Crippen molar-refractivity contribution in [2.24, 2.45) is 0 Å². The van der Waals surface area contributed by atoms with Gasteiger partial charge in [-0.25, -0.2) is 4.98 Å². The van der Waals surface area contributed by atoms with Crippen LogP contribution >= 0.6 is 46.4 Å². The Morgan fingerprint density at radius 1 is 0.970 bits per heavy atom. The number of amides is 1. The van der Waals surface area contributed by atoms with Crippen LogP contribution in [0.3, 0.4) is 0 Å². The van der Waals surface area contributed by atoms with Gasteiger partial charge in [0.25, 0.3) is 5.91 Å². The van der Waals surface area contributed by atoms with Crippen molar-refractivity contribution < 1.29 is 9.21 Å². The fourth-order valence-corrected chi connectivity index (χ4v) is 4.33. The summed E-state index contributed by atoms with van der Waals surface area (Å²) in [6.07, 6.45) is 0. The van der Waals surface area contributed by atoms with Crippen molar-refractivity contribution in [2.45, 2.75) is 0 Å². The number of carbonyl (C=O) groups excluding carboxylic acids is 1. The number of hydrogen-bond donors (Lipinski definition) is 2. The number of anilines is 1. The first-order valence-corrected chi connectivity index (χ1v) is 11.8. The van der Waals surface area contributed by atoms with Crippen LogP contribution in [-0.4, -0.2) is 16.0 Å². The molecule has 0 radical (unpaired) electrons. The van der Waals surface area contributed by atoms with Crippen molar-refractivity contribution in [3.8, 4) is 11.5 Å². The van der Waals surface area contributed by atoms with Gasteiger partial charge in [0.05, 0.1) is 0 Å². The van der Waals surface area contributed by atoms with Gasteiger partial charge in [-0.2, -0.15) is 0 Å². The van der Waals surface area contributed by atoms with E-state index >= 15 is 0 Å². The third-order valence-electron chi connectivity index (χ3n) is 5.08. The van der Waals surface area contributed by atoms with E-state index in [9.17, 15) is 4.79 Å². The summed E-state index contributed by atoms with van der Waals surface area (Å²) in [7, 11) is 0. The van der Waals surface area contributed by atoms with Crippen molar-refractivity contribution >= 4 is 85.0 Å². The third-order valence-corrected chi connectivity index (χ3v) is 6.33. The summed E-state index contributed by atoms with van der Waals surface area (Å²) in [6.45, 7) is 0. The molecular weight excluding hydrogens is 569 g/mol. The standard InChI is InChI=1S/C25H15ClIN3O2S/c26-20-6-2-3-17-18(20)4-1-5-19(17)23(31)30-25(33)28-16-11-12-22-21(13-16)29-24(32-22)14-7-9-15(27)10-8-14/h1-13H,(H2,28,30,31,33). The maximum atomic E-state index is 12.9. The van der Waals surface area contributed by atoms with Gasteiger partial charge in [0, 0.05) is 30.8 Å². The summed E-state index contributed by atoms with van der Waals surface area (Å²) >= 11 is 13.9. The van der Waals surface area contributed by atoms with E-state index in [2.05, 4.69) is 38.2 Å². The van der Waals surface area contributed by atoms with Gasteiger partial charge in [0.15, 0.2) is 10.7 Å². The Bertz CT molecular complexity index is 1530. The van der Waals surface area contributed by atoms with E-state index in [1.807, 2.05) is 60.7 Å². The van der Waals surface area contributed by atoms with Crippen molar-refractivity contribution in [3.63, 3.8) is 0 Å². The summed E-state index contributed by atoms with van der Waals surface area (Å²) < 4.78 is 7.01. The van der Waals surface area contributed by atoms with Gasteiger partial charge in [-0.05, 0) is 94.8 Å². The number of nitrogens with zero attached hydrogens (tertiary/aromatic N) is 1. The zero-order valence-electron chi connectivity index (χ0n) is 16.9. The molecule has 4 aromatic carbocycles. The number of aromatic nitrogens is 1. The smallest absolute Gasteiger partial charge is 0.258 e. The van der Waals surface area contributed by atoms with Gasteiger partial charge in [-0.15, -0.1) is 0 Å². The van der Waals surface area contributed by atoms with E-state index in [1.54, 1.807) is 18.2 Å². The molecule has 8 heteroatoms. The van der Waals surface area contributed by atoms with Crippen molar-refractivity contribution in [2.75, 3.05) is 5.32 Å². The molecule has 0 saturated carbocycles. The number of benzene rings is 4. The highest BCUT2D eigenvalue weighted by molar-refractivity contribution is 14.1. The maximum Gasteiger partial charge on any atom is 0.258 e. The fourth-order valence-electron chi connectivity index (χ4n) is 3.52. The quantitative estimate of drug-likeness (QED) is 0.176. The minimum absolute atomic E-state index is 0.180. The van der Waals surface area contributed by atoms with Crippen LogP contribution in [0.5, 0.6) is 0 Å².